The number of anilines is 1. The van der Waals surface area contributed by atoms with Gasteiger partial charge in [-0.05, 0) is 37.5 Å². The Bertz CT molecular complexity index is 551. The average Bonchev–Trinajstić information content (AvgIpc) is 2.82. The summed E-state index contributed by atoms with van der Waals surface area (Å²) in [5, 5.41) is 0.700. The third-order valence-corrected chi connectivity index (χ3v) is 3.81. The highest BCUT2D eigenvalue weighted by Crippen LogP contribution is 2.27. The maximum absolute atomic E-state index is 5.89. The van der Waals surface area contributed by atoms with Gasteiger partial charge < -0.3 is 4.74 Å². The van der Waals surface area contributed by atoms with Gasteiger partial charge in [-0.2, -0.15) is 0 Å². The van der Waals surface area contributed by atoms with Gasteiger partial charge in [-0.3, -0.25) is 5.43 Å². The van der Waals surface area contributed by atoms with E-state index in [1.165, 1.54) is 22.5 Å². The molecule has 4 nitrogen and oxygen atoms in total. The zero-order valence-electron chi connectivity index (χ0n) is 10.8. The highest BCUT2D eigenvalue weighted by molar-refractivity contribution is 7.15. The van der Waals surface area contributed by atoms with Crippen LogP contribution in [0.1, 0.15) is 21.6 Å². The Labute approximate surface area is 111 Å². The number of rotatable bonds is 4. The van der Waals surface area contributed by atoms with E-state index in [4.69, 9.17) is 10.6 Å². The highest BCUT2D eigenvalue weighted by Gasteiger charge is 2.08. The highest BCUT2D eigenvalue weighted by atomic mass is 32.1. The van der Waals surface area contributed by atoms with Crippen LogP contribution in [0.3, 0.4) is 0 Å². The van der Waals surface area contributed by atoms with Crippen molar-refractivity contribution in [3.63, 3.8) is 0 Å². The number of ether oxygens (including phenoxy) is 1. The first-order chi connectivity index (χ1) is 8.61. The number of aromatic nitrogens is 1. The monoisotopic (exact) mass is 263 g/mol. The largest absolute Gasteiger partial charge is 0.487 e. The number of nitrogens with zero attached hydrogens (tertiary/aromatic N) is 1. The molecule has 0 aliphatic rings. The summed E-state index contributed by atoms with van der Waals surface area (Å²) in [4.78, 5) is 5.16. The van der Waals surface area contributed by atoms with Crippen LogP contribution in [-0.4, -0.2) is 4.98 Å². The zero-order chi connectivity index (χ0) is 13.1. The Morgan fingerprint density at radius 1 is 1.28 bits per heavy atom. The average molecular weight is 263 g/mol. The molecular weight excluding hydrogens is 246 g/mol. The molecule has 0 unspecified atom stereocenters. The van der Waals surface area contributed by atoms with Gasteiger partial charge in [0.2, 0.25) is 0 Å². The first kappa shape index (κ1) is 12.9. The van der Waals surface area contributed by atoms with Crippen LogP contribution in [0.5, 0.6) is 5.75 Å². The Morgan fingerprint density at radius 3 is 2.67 bits per heavy atom. The number of thiazole rings is 1. The summed E-state index contributed by atoms with van der Waals surface area (Å²) < 4.78 is 5.89. The SMILES string of the molecule is Cc1ccc(C)c(OCc2cnc(NN)s2)c1C. The molecule has 0 bridgehead atoms. The van der Waals surface area contributed by atoms with Gasteiger partial charge in [0, 0.05) is 6.20 Å². The number of nitrogens with two attached hydrogens (primary N) is 1. The second kappa shape index (κ2) is 5.37. The minimum atomic E-state index is 0.518. The standard InChI is InChI=1S/C13H17N3OS/c1-8-4-5-9(2)12(10(8)3)17-7-11-6-15-13(16-14)18-11/h4-6H,7,14H2,1-3H3,(H,15,16). The Morgan fingerprint density at radius 2 is 2.00 bits per heavy atom. The molecule has 0 spiro atoms. The lowest BCUT2D eigenvalue weighted by molar-refractivity contribution is 0.305. The lowest BCUT2D eigenvalue weighted by Crippen LogP contribution is -2.05. The minimum absolute atomic E-state index is 0.518. The molecule has 18 heavy (non-hydrogen) atoms. The molecule has 0 radical (unpaired) electrons. The second-order valence-electron chi connectivity index (χ2n) is 4.22. The quantitative estimate of drug-likeness (QED) is 0.657. The maximum Gasteiger partial charge on any atom is 0.197 e. The van der Waals surface area contributed by atoms with E-state index in [2.05, 4.69) is 43.3 Å². The molecule has 0 saturated heterocycles. The molecule has 2 rings (SSSR count). The van der Waals surface area contributed by atoms with Crippen molar-refractivity contribution in [3.8, 4) is 5.75 Å². The van der Waals surface area contributed by atoms with Gasteiger partial charge >= 0.3 is 0 Å². The minimum Gasteiger partial charge on any atom is -0.487 e. The summed E-state index contributed by atoms with van der Waals surface area (Å²) in [5.74, 6) is 6.26. The van der Waals surface area contributed by atoms with E-state index in [0.29, 0.717) is 11.7 Å². The van der Waals surface area contributed by atoms with Crippen molar-refractivity contribution in [2.45, 2.75) is 27.4 Å². The number of hydrogen-bond donors (Lipinski definition) is 2. The van der Waals surface area contributed by atoms with Crippen molar-refractivity contribution in [1.82, 2.24) is 4.98 Å². The van der Waals surface area contributed by atoms with Crippen molar-refractivity contribution in [2.75, 3.05) is 5.43 Å². The van der Waals surface area contributed by atoms with Gasteiger partial charge in [-0.1, -0.05) is 23.5 Å². The molecule has 5 heteroatoms. The topological polar surface area (TPSA) is 60.2 Å². The first-order valence-corrected chi connectivity index (χ1v) is 6.54. The van der Waals surface area contributed by atoms with E-state index in [1.54, 1.807) is 6.20 Å². The first-order valence-electron chi connectivity index (χ1n) is 5.72. The third-order valence-electron chi connectivity index (χ3n) is 2.91. The Kier molecular flexibility index (Phi) is 3.84. The number of aryl methyl sites for hydroxylation is 2. The number of nitrogens with one attached hydrogen (secondary N) is 1. The van der Waals surface area contributed by atoms with Crippen LogP contribution >= 0.6 is 11.3 Å². The summed E-state index contributed by atoms with van der Waals surface area (Å²) in [7, 11) is 0. The molecular formula is C13H17N3OS. The van der Waals surface area contributed by atoms with Gasteiger partial charge in [0.05, 0.1) is 4.88 Å². The van der Waals surface area contributed by atoms with E-state index in [9.17, 15) is 0 Å². The lowest BCUT2D eigenvalue weighted by Gasteiger charge is -2.13. The van der Waals surface area contributed by atoms with Gasteiger partial charge in [-0.25, -0.2) is 10.8 Å². The normalized spacial score (nSPS) is 10.4. The van der Waals surface area contributed by atoms with Crippen LogP contribution in [0.15, 0.2) is 18.3 Å². The van der Waals surface area contributed by atoms with Crippen LogP contribution < -0.4 is 16.0 Å². The lowest BCUT2D eigenvalue weighted by atomic mass is 10.1. The Balaban J connectivity index is 2.12. The summed E-state index contributed by atoms with van der Waals surface area (Å²) in [6.07, 6.45) is 1.78. The van der Waals surface area contributed by atoms with E-state index >= 15 is 0 Å². The predicted octanol–water partition coefficient (Wildman–Crippen LogP) is 2.93. The van der Waals surface area contributed by atoms with Crippen molar-refractivity contribution in [2.24, 2.45) is 5.84 Å². The summed E-state index contributed by atoms with van der Waals surface area (Å²) >= 11 is 1.50. The van der Waals surface area contributed by atoms with Gasteiger partial charge in [-0.15, -0.1) is 0 Å². The molecule has 0 fully saturated rings. The molecule has 2 aromatic rings. The van der Waals surface area contributed by atoms with Crippen molar-refractivity contribution >= 4 is 16.5 Å². The third kappa shape index (κ3) is 2.63. The van der Waals surface area contributed by atoms with Gasteiger partial charge in [0.1, 0.15) is 12.4 Å². The van der Waals surface area contributed by atoms with Crippen molar-refractivity contribution in [1.29, 1.82) is 0 Å². The van der Waals surface area contributed by atoms with E-state index < -0.39 is 0 Å². The predicted molar refractivity (Wildman–Crippen MR) is 74.9 cm³/mol. The molecule has 0 atom stereocenters. The number of benzene rings is 1. The van der Waals surface area contributed by atoms with Gasteiger partial charge in [0.15, 0.2) is 5.13 Å². The zero-order valence-corrected chi connectivity index (χ0v) is 11.6. The van der Waals surface area contributed by atoms with Crippen LogP contribution in [-0.2, 0) is 6.61 Å². The Hall–Kier alpha value is -1.59. The molecule has 0 aliphatic heterocycles. The molecule has 0 amide bonds. The van der Waals surface area contributed by atoms with E-state index in [0.717, 1.165) is 16.2 Å². The van der Waals surface area contributed by atoms with Crippen LogP contribution in [0.25, 0.3) is 0 Å². The molecule has 0 aliphatic carbocycles. The van der Waals surface area contributed by atoms with Crippen molar-refractivity contribution in [3.05, 3.63) is 39.9 Å². The molecule has 1 heterocycles. The number of nitrogen functional groups attached to an aromatic ring is 1. The van der Waals surface area contributed by atoms with Crippen LogP contribution in [0, 0.1) is 20.8 Å². The van der Waals surface area contributed by atoms with Crippen LogP contribution in [0.2, 0.25) is 0 Å². The summed E-state index contributed by atoms with van der Waals surface area (Å²) in [6.45, 7) is 6.74. The van der Waals surface area contributed by atoms with E-state index in [1.807, 2.05) is 0 Å². The van der Waals surface area contributed by atoms with E-state index in [-0.39, 0.29) is 0 Å². The maximum atomic E-state index is 5.89. The smallest absolute Gasteiger partial charge is 0.197 e. The van der Waals surface area contributed by atoms with Gasteiger partial charge in [0.25, 0.3) is 0 Å². The number of hydrazine groups is 1. The molecule has 1 aromatic carbocycles. The fraction of sp³-hybridized carbons (Fsp3) is 0.308. The molecule has 1 aromatic heterocycles. The second-order valence-corrected chi connectivity index (χ2v) is 5.33. The fourth-order valence-electron chi connectivity index (χ4n) is 1.73. The summed E-state index contributed by atoms with van der Waals surface area (Å²) in [6, 6.07) is 4.19. The molecule has 96 valence electrons. The number of hydrogen-bond acceptors (Lipinski definition) is 5. The molecule has 3 N–H and O–H groups in total. The van der Waals surface area contributed by atoms with Crippen LogP contribution in [0.4, 0.5) is 5.13 Å². The van der Waals surface area contributed by atoms with Crippen molar-refractivity contribution < 1.29 is 4.74 Å². The fourth-order valence-corrected chi connectivity index (χ4v) is 2.37. The molecule has 0 saturated carbocycles. The summed E-state index contributed by atoms with van der Waals surface area (Å²) in [5.41, 5.74) is 6.11.